The number of hydrogen-bond acceptors (Lipinski definition) is 7. The summed E-state index contributed by atoms with van der Waals surface area (Å²) in [5, 5.41) is 2.85. The average molecular weight is 537 g/mol. The maximum absolute atomic E-state index is 13.4. The summed E-state index contributed by atoms with van der Waals surface area (Å²) in [6, 6.07) is 21.2. The number of carbonyl (C=O) groups is 1. The van der Waals surface area contributed by atoms with Crippen LogP contribution in [-0.2, 0) is 19.7 Å². The molecule has 0 spiro atoms. The highest BCUT2D eigenvalue weighted by Gasteiger charge is 2.21. The molecule has 0 saturated carbocycles. The van der Waals surface area contributed by atoms with E-state index in [0.29, 0.717) is 11.3 Å². The van der Waals surface area contributed by atoms with Crippen molar-refractivity contribution in [1.29, 1.82) is 0 Å². The van der Waals surface area contributed by atoms with Crippen LogP contribution >= 0.6 is 0 Å². The molecule has 0 aliphatic rings. The minimum atomic E-state index is -3.68. The van der Waals surface area contributed by atoms with Gasteiger partial charge in [0, 0.05) is 35.5 Å². The quantitative estimate of drug-likeness (QED) is 0.370. The van der Waals surface area contributed by atoms with Crippen molar-refractivity contribution in [1.82, 2.24) is 4.98 Å². The summed E-state index contributed by atoms with van der Waals surface area (Å²) in [7, 11) is -5.93. The SMILES string of the molecule is COc1ccc(-c2cc(S(C)(=O)=O)ccc2C(=O)Nc2cccc(-c3ccccn3)c2)cc1S(C)(=O)=O. The second kappa shape index (κ2) is 10.2. The first-order valence-electron chi connectivity index (χ1n) is 11.0. The van der Waals surface area contributed by atoms with Gasteiger partial charge in [-0.2, -0.15) is 0 Å². The highest BCUT2D eigenvalue weighted by Crippen LogP contribution is 2.33. The fourth-order valence-electron chi connectivity index (χ4n) is 3.81. The number of nitrogens with zero attached hydrogens (tertiary/aromatic N) is 1. The number of nitrogens with one attached hydrogen (secondary N) is 1. The van der Waals surface area contributed by atoms with Crippen molar-refractivity contribution in [3.05, 3.63) is 90.6 Å². The number of aromatic nitrogens is 1. The fraction of sp³-hybridized carbons (Fsp3) is 0.111. The second-order valence-corrected chi connectivity index (χ2v) is 12.4. The van der Waals surface area contributed by atoms with Crippen LogP contribution in [0.4, 0.5) is 5.69 Å². The van der Waals surface area contributed by atoms with E-state index < -0.39 is 25.6 Å². The van der Waals surface area contributed by atoms with Crippen LogP contribution in [0.3, 0.4) is 0 Å². The van der Waals surface area contributed by atoms with E-state index in [4.69, 9.17) is 4.74 Å². The standard InChI is InChI=1S/C27H24N2O6S2/c1-35-25-13-10-18(16-26(25)37(3,33)34)23-17-21(36(2,31)32)11-12-22(23)27(30)29-20-8-6-7-19(15-20)24-9-4-5-14-28-24/h4-17H,1-3H3,(H,29,30). The highest BCUT2D eigenvalue weighted by atomic mass is 32.2. The van der Waals surface area contributed by atoms with E-state index in [1.807, 2.05) is 24.3 Å². The normalized spacial score (nSPS) is 11.6. The van der Waals surface area contributed by atoms with Gasteiger partial charge < -0.3 is 10.1 Å². The second-order valence-electron chi connectivity index (χ2n) is 8.37. The molecule has 4 aromatic rings. The van der Waals surface area contributed by atoms with Crippen LogP contribution in [0.15, 0.2) is 94.9 Å². The van der Waals surface area contributed by atoms with E-state index in [1.165, 1.54) is 37.4 Å². The lowest BCUT2D eigenvalue weighted by Crippen LogP contribution is -2.14. The monoisotopic (exact) mass is 536 g/mol. The lowest BCUT2D eigenvalue weighted by atomic mass is 9.98. The number of rotatable bonds is 7. The molecule has 0 aliphatic carbocycles. The molecule has 0 radical (unpaired) electrons. The van der Waals surface area contributed by atoms with E-state index in [-0.39, 0.29) is 26.7 Å². The molecule has 0 aliphatic heterocycles. The Labute approximate surface area is 215 Å². The summed E-state index contributed by atoms with van der Waals surface area (Å²) in [6.45, 7) is 0. The van der Waals surface area contributed by atoms with Gasteiger partial charge in [-0.15, -0.1) is 0 Å². The number of hydrogen-bond donors (Lipinski definition) is 1. The number of anilines is 1. The predicted octanol–water partition coefficient (Wildman–Crippen LogP) is 4.48. The van der Waals surface area contributed by atoms with Crippen LogP contribution in [0, 0.1) is 0 Å². The van der Waals surface area contributed by atoms with Crippen molar-refractivity contribution in [2.75, 3.05) is 24.9 Å². The molecular weight excluding hydrogens is 512 g/mol. The fourth-order valence-corrected chi connectivity index (χ4v) is 5.32. The molecule has 0 bridgehead atoms. The molecular formula is C27H24N2O6S2. The van der Waals surface area contributed by atoms with Crippen molar-refractivity contribution in [2.45, 2.75) is 9.79 Å². The molecule has 0 unspecified atom stereocenters. The van der Waals surface area contributed by atoms with E-state index in [2.05, 4.69) is 10.3 Å². The molecule has 10 heteroatoms. The topological polar surface area (TPSA) is 120 Å². The van der Waals surface area contributed by atoms with Gasteiger partial charge >= 0.3 is 0 Å². The molecule has 1 heterocycles. The first kappa shape index (κ1) is 26.1. The number of ether oxygens (including phenoxy) is 1. The van der Waals surface area contributed by atoms with Crippen molar-refractivity contribution in [2.24, 2.45) is 0 Å². The third-order valence-corrected chi connectivity index (χ3v) is 7.85. The molecule has 0 fully saturated rings. The van der Waals surface area contributed by atoms with Crippen LogP contribution in [0.5, 0.6) is 5.75 Å². The Kier molecular flexibility index (Phi) is 7.15. The van der Waals surface area contributed by atoms with E-state index in [0.717, 1.165) is 23.8 Å². The van der Waals surface area contributed by atoms with Crippen molar-refractivity contribution in [3.63, 3.8) is 0 Å². The molecule has 4 rings (SSSR count). The number of amides is 1. The van der Waals surface area contributed by atoms with Crippen LogP contribution in [-0.4, -0.2) is 47.3 Å². The van der Waals surface area contributed by atoms with Gasteiger partial charge in [0.2, 0.25) is 0 Å². The maximum Gasteiger partial charge on any atom is 0.256 e. The highest BCUT2D eigenvalue weighted by molar-refractivity contribution is 7.91. The van der Waals surface area contributed by atoms with E-state index in [9.17, 15) is 21.6 Å². The minimum Gasteiger partial charge on any atom is -0.495 e. The first-order chi connectivity index (χ1) is 17.5. The summed E-state index contributed by atoms with van der Waals surface area (Å²) >= 11 is 0. The Morgan fingerprint density at radius 1 is 0.811 bits per heavy atom. The van der Waals surface area contributed by atoms with E-state index in [1.54, 1.807) is 30.5 Å². The summed E-state index contributed by atoms with van der Waals surface area (Å²) in [5.74, 6) is -0.354. The molecule has 1 aromatic heterocycles. The number of sulfone groups is 2. The zero-order valence-corrected chi connectivity index (χ0v) is 21.9. The Morgan fingerprint density at radius 2 is 1.59 bits per heavy atom. The number of benzene rings is 3. The third-order valence-electron chi connectivity index (χ3n) is 5.62. The lowest BCUT2D eigenvalue weighted by molar-refractivity contribution is 0.102. The number of pyridine rings is 1. The van der Waals surface area contributed by atoms with Gasteiger partial charge in [0.25, 0.3) is 5.91 Å². The van der Waals surface area contributed by atoms with Gasteiger partial charge in [0.05, 0.1) is 17.7 Å². The molecule has 1 N–H and O–H groups in total. The van der Waals surface area contributed by atoms with Crippen LogP contribution < -0.4 is 10.1 Å². The van der Waals surface area contributed by atoms with Crippen molar-refractivity contribution in [3.8, 4) is 28.1 Å². The smallest absolute Gasteiger partial charge is 0.256 e. The molecule has 8 nitrogen and oxygen atoms in total. The zero-order valence-electron chi connectivity index (χ0n) is 20.3. The summed E-state index contributed by atoms with van der Waals surface area (Å²) in [4.78, 5) is 17.6. The Morgan fingerprint density at radius 3 is 2.24 bits per heavy atom. The van der Waals surface area contributed by atoms with Gasteiger partial charge in [-0.3, -0.25) is 9.78 Å². The van der Waals surface area contributed by atoms with Gasteiger partial charge in [0.15, 0.2) is 19.7 Å². The average Bonchev–Trinajstić information content (AvgIpc) is 2.87. The van der Waals surface area contributed by atoms with Crippen molar-refractivity contribution < 1.29 is 26.4 Å². The number of methoxy groups -OCH3 is 1. The predicted molar refractivity (Wildman–Crippen MR) is 142 cm³/mol. The van der Waals surface area contributed by atoms with Crippen LogP contribution in [0.25, 0.3) is 22.4 Å². The maximum atomic E-state index is 13.4. The Hall–Kier alpha value is -4.02. The van der Waals surface area contributed by atoms with E-state index >= 15 is 0 Å². The Bertz CT molecular complexity index is 1700. The van der Waals surface area contributed by atoms with Gasteiger partial charge in [-0.25, -0.2) is 16.8 Å². The van der Waals surface area contributed by atoms with Gasteiger partial charge in [-0.05, 0) is 65.7 Å². The molecule has 0 saturated heterocycles. The largest absolute Gasteiger partial charge is 0.495 e. The molecule has 0 atom stereocenters. The summed E-state index contributed by atoms with van der Waals surface area (Å²) in [5.41, 5.74) is 2.83. The van der Waals surface area contributed by atoms with Crippen LogP contribution in [0.1, 0.15) is 10.4 Å². The third kappa shape index (κ3) is 5.87. The summed E-state index contributed by atoms with van der Waals surface area (Å²) in [6.07, 6.45) is 3.78. The summed E-state index contributed by atoms with van der Waals surface area (Å²) < 4.78 is 54.5. The molecule has 190 valence electrons. The number of carbonyl (C=O) groups excluding carboxylic acids is 1. The van der Waals surface area contributed by atoms with Gasteiger partial charge in [0.1, 0.15) is 10.6 Å². The minimum absolute atomic E-state index is 0.00655. The lowest BCUT2D eigenvalue weighted by Gasteiger charge is -2.15. The van der Waals surface area contributed by atoms with Gasteiger partial charge in [-0.1, -0.05) is 24.3 Å². The first-order valence-corrected chi connectivity index (χ1v) is 14.8. The molecule has 3 aromatic carbocycles. The molecule has 37 heavy (non-hydrogen) atoms. The van der Waals surface area contributed by atoms with Crippen LogP contribution in [0.2, 0.25) is 0 Å². The zero-order chi connectivity index (χ0) is 26.8. The van der Waals surface area contributed by atoms with Crippen molar-refractivity contribution >= 4 is 31.3 Å². The molecule has 1 amide bonds. The Balaban J connectivity index is 1.80.